The van der Waals surface area contributed by atoms with Crippen molar-refractivity contribution in [1.82, 2.24) is 15.1 Å². The summed E-state index contributed by atoms with van der Waals surface area (Å²) in [6.07, 6.45) is 3.95. The highest BCUT2D eigenvalue weighted by atomic mass is 16.3. The molecule has 4 nitrogen and oxygen atoms in total. The zero-order chi connectivity index (χ0) is 12.0. The van der Waals surface area contributed by atoms with Crippen molar-refractivity contribution in [2.75, 3.05) is 6.54 Å². The van der Waals surface area contributed by atoms with Crippen LogP contribution in [0.15, 0.2) is 12.3 Å². The standard InChI is InChI=1S/C12H23N3O/c1-4-12(5-2)15-7-6-11(14-15)9-13-8-10(3)16/h6-7,10,12-13,16H,4-5,8-9H2,1-3H3. The summed E-state index contributed by atoms with van der Waals surface area (Å²) in [5, 5.41) is 16.8. The summed E-state index contributed by atoms with van der Waals surface area (Å²) in [7, 11) is 0. The van der Waals surface area contributed by atoms with Gasteiger partial charge in [0.15, 0.2) is 0 Å². The molecule has 1 rings (SSSR count). The Morgan fingerprint density at radius 1 is 1.44 bits per heavy atom. The van der Waals surface area contributed by atoms with Crippen LogP contribution in [0.4, 0.5) is 0 Å². The molecule has 1 aromatic heterocycles. The van der Waals surface area contributed by atoms with Gasteiger partial charge in [-0.1, -0.05) is 13.8 Å². The largest absolute Gasteiger partial charge is 0.392 e. The second kappa shape index (κ2) is 6.66. The van der Waals surface area contributed by atoms with Crippen LogP contribution in [0.5, 0.6) is 0 Å². The number of nitrogens with one attached hydrogen (secondary N) is 1. The van der Waals surface area contributed by atoms with Crippen molar-refractivity contribution in [3.05, 3.63) is 18.0 Å². The molecule has 1 atom stereocenters. The van der Waals surface area contributed by atoms with Gasteiger partial charge in [-0.05, 0) is 25.8 Å². The molecule has 92 valence electrons. The second-order valence-electron chi connectivity index (χ2n) is 4.24. The van der Waals surface area contributed by atoms with Crippen LogP contribution in [0.1, 0.15) is 45.3 Å². The third-order valence-electron chi connectivity index (χ3n) is 2.73. The minimum atomic E-state index is -0.305. The van der Waals surface area contributed by atoms with E-state index in [9.17, 15) is 0 Å². The van der Waals surface area contributed by atoms with E-state index in [4.69, 9.17) is 5.11 Å². The summed E-state index contributed by atoms with van der Waals surface area (Å²) >= 11 is 0. The molecule has 1 heterocycles. The molecule has 0 amide bonds. The molecule has 16 heavy (non-hydrogen) atoms. The van der Waals surface area contributed by atoms with E-state index in [1.807, 2.05) is 16.9 Å². The number of nitrogens with zero attached hydrogens (tertiary/aromatic N) is 2. The van der Waals surface area contributed by atoms with E-state index in [1.54, 1.807) is 6.92 Å². The monoisotopic (exact) mass is 225 g/mol. The predicted octanol–water partition coefficient (Wildman–Crippen LogP) is 1.71. The Morgan fingerprint density at radius 2 is 2.12 bits per heavy atom. The lowest BCUT2D eigenvalue weighted by atomic mass is 10.2. The molecule has 0 spiro atoms. The van der Waals surface area contributed by atoms with Gasteiger partial charge in [-0.15, -0.1) is 0 Å². The van der Waals surface area contributed by atoms with Gasteiger partial charge >= 0.3 is 0 Å². The van der Waals surface area contributed by atoms with Crippen molar-refractivity contribution in [2.45, 2.75) is 52.3 Å². The lowest BCUT2D eigenvalue weighted by Gasteiger charge is -2.12. The summed E-state index contributed by atoms with van der Waals surface area (Å²) < 4.78 is 2.04. The molecule has 0 saturated heterocycles. The van der Waals surface area contributed by atoms with Gasteiger partial charge in [0.2, 0.25) is 0 Å². The Bertz CT molecular complexity index is 292. The normalized spacial score (nSPS) is 13.3. The smallest absolute Gasteiger partial charge is 0.0762 e. The molecular formula is C12H23N3O. The molecule has 2 N–H and O–H groups in total. The highest BCUT2D eigenvalue weighted by molar-refractivity contribution is 4.99. The van der Waals surface area contributed by atoms with Gasteiger partial charge in [-0.3, -0.25) is 4.68 Å². The van der Waals surface area contributed by atoms with Crippen LogP contribution in [-0.4, -0.2) is 27.5 Å². The van der Waals surface area contributed by atoms with E-state index in [2.05, 4.69) is 24.3 Å². The number of rotatable bonds is 7. The average molecular weight is 225 g/mol. The Kier molecular flexibility index (Phi) is 5.49. The van der Waals surface area contributed by atoms with E-state index >= 15 is 0 Å². The predicted molar refractivity (Wildman–Crippen MR) is 65.2 cm³/mol. The molecule has 0 fully saturated rings. The van der Waals surface area contributed by atoms with E-state index < -0.39 is 0 Å². The summed E-state index contributed by atoms with van der Waals surface area (Å²) in [4.78, 5) is 0. The van der Waals surface area contributed by atoms with Crippen molar-refractivity contribution >= 4 is 0 Å². The van der Waals surface area contributed by atoms with E-state index in [-0.39, 0.29) is 6.10 Å². The van der Waals surface area contributed by atoms with Crippen LogP contribution >= 0.6 is 0 Å². The van der Waals surface area contributed by atoms with Crippen LogP contribution in [0, 0.1) is 0 Å². The fraction of sp³-hybridized carbons (Fsp3) is 0.750. The van der Waals surface area contributed by atoms with Crippen LogP contribution in [0.2, 0.25) is 0 Å². The van der Waals surface area contributed by atoms with Gasteiger partial charge in [0.05, 0.1) is 17.8 Å². The zero-order valence-corrected chi connectivity index (χ0v) is 10.5. The maximum absolute atomic E-state index is 9.11. The van der Waals surface area contributed by atoms with Crippen LogP contribution in [0.3, 0.4) is 0 Å². The molecule has 0 aromatic carbocycles. The van der Waals surface area contributed by atoms with Crippen LogP contribution in [0.25, 0.3) is 0 Å². The maximum Gasteiger partial charge on any atom is 0.0762 e. The zero-order valence-electron chi connectivity index (χ0n) is 10.5. The Morgan fingerprint density at radius 3 is 2.69 bits per heavy atom. The quantitative estimate of drug-likeness (QED) is 0.743. The van der Waals surface area contributed by atoms with E-state index in [1.165, 1.54) is 0 Å². The average Bonchev–Trinajstić information content (AvgIpc) is 2.68. The summed E-state index contributed by atoms with van der Waals surface area (Å²) in [5.74, 6) is 0. The van der Waals surface area contributed by atoms with Crippen molar-refractivity contribution in [3.8, 4) is 0 Å². The topological polar surface area (TPSA) is 50.1 Å². The Hall–Kier alpha value is -0.870. The maximum atomic E-state index is 9.11. The third-order valence-corrected chi connectivity index (χ3v) is 2.73. The molecule has 0 bridgehead atoms. The van der Waals surface area contributed by atoms with Gasteiger partial charge < -0.3 is 10.4 Å². The first-order valence-corrected chi connectivity index (χ1v) is 6.10. The summed E-state index contributed by atoms with van der Waals surface area (Å²) in [5.41, 5.74) is 1.03. The Balaban J connectivity index is 2.44. The number of aromatic nitrogens is 2. The summed E-state index contributed by atoms with van der Waals surface area (Å²) in [6, 6.07) is 2.54. The van der Waals surface area contributed by atoms with Crippen molar-refractivity contribution in [2.24, 2.45) is 0 Å². The molecule has 0 saturated carbocycles. The van der Waals surface area contributed by atoms with E-state index in [0.717, 1.165) is 25.1 Å². The fourth-order valence-electron chi connectivity index (χ4n) is 1.75. The van der Waals surface area contributed by atoms with E-state index in [0.29, 0.717) is 12.6 Å². The molecular weight excluding hydrogens is 202 g/mol. The second-order valence-corrected chi connectivity index (χ2v) is 4.24. The number of aliphatic hydroxyl groups is 1. The van der Waals surface area contributed by atoms with Crippen molar-refractivity contribution < 1.29 is 5.11 Å². The molecule has 4 heteroatoms. The number of aliphatic hydroxyl groups excluding tert-OH is 1. The number of hydrogen-bond donors (Lipinski definition) is 2. The molecule has 1 aromatic rings. The highest BCUT2D eigenvalue weighted by Gasteiger charge is 2.07. The number of hydrogen-bond acceptors (Lipinski definition) is 3. The SMILES string of the molecule is CCC(CC)n1ccc(CNCC(C)O)n1. The van der Waals surface area contributed by atoms with Gasteiger partial charge in [0.1, 0.15) is 0 Å². The molecule has 0 aliphatic carbocycles. The summed E-state index contributed by atoms with van der Waals surface area (Å²) in [6.45, 7) is 7.47. The molecule has 0 radical (unpaired) electrons. The molecule has 0 aliphatic rings. The molecule has 1 unspecified atom stereocenters. The van der Waals surface area contributed by atoms with Crippen LogP contribution in [-0.2, 0) is 6.54 Å². The van der Waals surface area contributed by atoms with Crippen molar-refractivity contribution in [1.29, 1.82) is 0 Å². The van der Waals surface area contributed by atoms with Gasteiger partial charge in [0, 0.05) is 19.3 Å². The Labute approximate surface area is 97.7 Å². The first-order valence-electron chi connectivity index (χ1n) is 6.10. The van der Waals surface area contributed by atoms with Gasteiger partial charge in [-0.25, -0.2) is 0 Å². The highest BCUT2D eigenvalue weighted by Crippen LogP contribution is 2.14. The van der Waals surface area contributed by atoms with Crippen LogP contribution < -0.4 is 5.32 Å². The van der Waals surface area contributed by atoms with Gasteiger partial charge in [0.25, 0.3) is 0 Å². The molecule has 0 aliphatic heterocycles. The minimum Gasteiger partial charge on any atom is -0.392 e. The lowest BCUT2D eigenvalue weighted by Crippen LogP contribution is -2.24. The third kappa shape index (κ3) is 3.94. The lowest BCUT2D eigenvalue weighted by molar-refractivity contribution is 0.190. The first-order chi connectivity index (χ1) is 7.67. The first kappa shape index (κ1) is 13.2. The fourth-order valence-corrected chi connectivity index (χ4v) is 1.75. The minimum absolute atomic E-state index is 0.305. The van der Waals surface area contributed by atoms with Gasteiger partial charge in [-0.2, -0.15) is 5.10 Å². The van der Waals surface area contributed by atoms with Crippen molar-refractivity contribution in [3.63, 3.8) is 0 Å².